The van der Waals surface area contributed by atoms with Crippen LogP contribution in [0.15, 0.2) is 42.5 Å². The molecule has 2 aromatic rings. The lowest BCUT2D eigenvalue weighted by molar-refractivity contribution is 0.300. The van der Waals surface area contributed by atoms with E-state index in [4.69, 9.17) is 27.9 Å². The SMILES string of the molecule is CCNC(C)c1ccccc1OCc1c(Cl)cccc1Cl. The van der Waals surface area contributed by atoms with E-state index in [0.29, 0.717) is 16.7 Å². The quantitative estimate of drug-likeness (QED) is 0.784. The van der Waals surface area contributed by atoms with Crippen LogP contribution >= 0.6 is 23.2 Å². The number of nitrogens with one attached hydrogen (secondary N) is 1. The highest BCUT2D eigenvalue weighted by molar-refractivity contribution is 6.35. The lowest BCUT2D eigenvalue weighted by Gasteiger charge is -2.18. The van der Waals surface area contributed by atoms with E-state index in [1.807, 2.05) is 36.4 Å². The van der Waals surface area contributed by atoms with Crippen LogP contribution in [-0.4, -0.2) is 6.54 Å². The molecule has 2 rings (SSSR count). The van der Waals surface area contributed by atoms with Crippen molar-refractivity contribution in [2.24, 2.45) is 0 Å². The van der Waals surface area contributed by atoms with E-state index in [1.54, 1.807) is 0 Å². The first kappa shape index (κ1) is 16.2. The van der Waals surface area contributed by atoms with Crippen LogP contribution in [0.25, 0.3) is 0 Å². The van der Waals surface area contributed by atoms with Crippen molar-refractivity contribution in [2.75, 3.05) is 6.54 Å². The molecule has 0 amide bonds. The Hall–Kier alpha value is -1.22. The van der Waals surface area contributed by atoms with E-state index in [0.717, 1.165) is 23.4 Å². The second kappa shape index (κ2) is 7.69. The van der Waals surface area contributed by atoms with Crippen LogP contribution in [-0.2, 0) is 6.61 Å². The number of benzene rings is 2. The van der Waals surface area contributed by atoms with Gasteiger partial charge in [0.15, 0.2) is 0 Å². The molecule has 0 aliphatic heterocycles. The molecule has 1 atom stereocenters. The first-order valence-electron chi connectivity index (χ1n) is 7.01. The molecule has 0 saturated carbocycles. The molecule has 0 aliphatic carbocycles. The van der Waals surface area contributed by atoms with Gasteiger partial charge in [-0.25, -0.2) is 0 Å². The van der Waals surface area contributed by atoms with Gasteiger partial charge in [-0.2, -0.15) is 0 Å². The highest BCUT2D eigenvalue weighted by atomic mass is 35.5. The van der Waals surface area contributed by atoms with Crippen LogP contribution < -0.4 is 10.1 Å². The average molecular weight is 324 g/mol. The summed E-state index contributed by atoms with van der Waals surface area (Å²) in [5.41, 5.74) is 1.94. The van der Waals surface area contributed by atoms with Gasteiger partial charge < -0.3 is 10.1 Å². The van der Waals surface area contributed by atoms with Gasteiger partial charge in [-0.1, -0.05) is 54.4 Å². The van der Waals surface area contributed by atoms with E-state index in [9.17, 15) is 0 Å². The second-order valence-corrected chi connectivity index (χ2v) is 5.62. The minimum absolute atomic E-state index is 0.230. The standard InChI is InChI=1S/C17H19Cl2NO/c1-3-20-12(2)13-7-4-5-10-17(13)21-11-14-15(18)8-6-9-16(14)19/h4-10,12,20H,3,11H2,1-2H3. The second-order valence-electron chi connectivity index (χ2n) is 4.81. The van der Waals surface area contributed by atoms with Crippen LogP contribution in [0.2, 0.25) is 10.0 Å². The van der Waals surface area contributed by atoms with Crippen molar-refractivity contribution in [3.63, 3.8) is 0 Å². The summed E-state index contributed by atoms with van der Waals surface area (Å²) < 4.78 is 5.94. The van der Waals surface area contributed by atoms with Crippen LogP contribution in [0.1, 0.15) is 31.0 Å². The fraction of sp³-hybridized carbons (Fsp3) is 0.294. The van der Waals surface area contributed by atoms with Crippen molar-refractivity contribution in [3.8, 4) is 5.75 Å². The highest BCUT2D eigenvalue weighted by Gasteiger charge is 2.12. The molecule has 4 heteroatoms. The monoisotopic (exact) mass is 323 g/mol. The Morgan fingerprint density at radius 1 is 1.05 bits per heavy atom. The lowest BCUT2D eigenvalue weighted by atomic mass is 10.1. The molecule has 112 valence electrons. The predicted molar refractivity (Wildman–Crippen MR) is 89.3 cm³/mol. The smallest absolute Gasteiger partial charge is 0.124 e. The van der Waals surface area contributed by atoms with Gasteiger partial charge in [-0.05, 0) is 31.7 Å². The summed E-state index contributed by atoms with van der Waals surface area (Å²) in [6.07, 6.45) is 0. The van der Waals surface area contributed by atoms with Gasteiger partial charge in [-0.15, -0.1) is 0 Å². The Kier molecular flexibility index (Phi) is 5.92. The minimum Gasteiger partial charge on any atom is -0.488 e. The maximum absolute atomic E-state index is 6.17. The Morgan fingerprint density at radius 2 is 1.71 bits per heavy atom. The Bertz CT molecular complexity index is 581. The number of ether oxygens (including phenoxy) is 1. The van der Waals surface area contributed by atoms with E-state index in [2.05, 4.69) is 25.2 Å². The van der Waals surface area contributed by atoms with Gasteiger partial charge in [-0.3, -0.25) is 0 Å². The summed E-state index contributed by atoms with van der Waals surface area (Å²) in [6.45, 7) is 5.47. The van der Waals surface area contributed by atoms with Crippen molar-refractivity contribution in [1.29, 1.82) is 0 Å². The molecule has 0 fully saturated rings. The summed E-state index contributed by atoms with van der Waals surface area (Å²) in [7, 11) is 0. The van der Waals surface area contributed by atoms with Crippen LogP contribution in [0.3, 0.4) is 0 Å². The molecular formula is C17H19Cl2NO. The summed E-state index contributed by atoms with van der Waals surface area (Å²) in [5.74, 6) is 0.849. The largest absolute Gasteiger partial charge is 0.488 e. The van der Waals surface area contributed by atoms with Gasteiger partial charge in [0.05, 0.1) is 0 Å². The number of para-hydroxylation sites is 1. The van der Waals surface area contributed by atoms with Gasteiger partial charge >= 0.3 is 0 Å². The molecule has 2 nitrogen and oxygen atoms in total. The Balaban J connectivity index is 2.17. The molecule has 2 aromatic carbocycles. The Labute approximate surface area is 136 Å². The van der Waals surface area contributed by atoms with Gasteiger partial charge in [0.2, 0.25) is 0 Å². The van der Waals surface area contributed by atoms with Crippen LogP contribution in [0.5, 0.6) is 5.75 Å². The van der Waals surface area contributed by atoms with E-state index >= 15 is 0 Å². The summed E-state index contributed by atoms with van der Waals surface area (Å²) >= 11 is 12.3. The van der Waals surface area contributed by atoms with Crippen LogP contribution in [0.4, 0.5) is 0 Å². The van der Waals surface area contributed by atoms with Gasteiger partial charge in [0, 0.05) is 27.2 Å². The molecule has 1 N–H and O–H groups in total. The molecule has 0 aliphatic rings. The topological polar surface area (TPSA) is 21.3 Å². The van der Waals surface area contributed by atoms with Crippen LogP contribution in [0, 0.1) is 0 Å². The minimum atomic E-state index is 0.230. The third-order valence-electron chi connectivity index (χ3n) is 3.33. The molecule has 0 radical (unpaired) electrons. The van der Waals surface area contributed by atoms with Crippen molar-refractivity contribution >= 4 is 23.2 Å². The van der Waals surface area contributed by atoms with Gasteiger partial charge in [0.1, 0.15) is 12.4 Å². The van der Waals surface area contributed by atoms with Crippen molar-refractivity contribution in [3.05, 3.63) is 63.6 Å². The van der Waals surface area contributed by atoms with E-state index in [-0.39, 0.29) is 6.04 Å². The number of hydrogen-bond donors (Lipinski definition) is 1. The highest BCUT2D eigenvalue weighted by Crippen LogP contribution is 2.29. The number of halogens is 2. The first-order valence-corrected chi connectivity index (χ1v) is 7.77. The fourth-order valence-corrected chi connectivity index (χ4v) is 2.71. The molecular weight excluding hydrogens is 305 g/mol. The molecule has 0 spiro atoms. The zero-order valence-electron chi connectivity index (χ0n) is 12.2. The number of hydrogen-bond acceptors (Lipinski definition) is 2. The van der Waals surface area contributed by atoms with E-state index < -0.39 is 0 Å². The predicted octanol–water partition coefficient (Wildman–Crippen LogP) is 5.24. The van der Waals surface area contributed by atoms with E-state index in [1.165, 1.54) is 0 Å². The lowest BCUT2D eigenvalue weighted by Crippen LogP contribution is -2.18. The third-order valence-corrected chi connectivity index (χ3v) is 4.04. The zero-order valence-corrected chi connectivity index (χ0v) is 13.7. The average Bonchev–Trinajstić information content (AvgIpc) is 2.47. The molecule has 0 saturated heterocycles. The summed E-state index contributed by atoms with van der Waals surface area (Å²) in [5, 5.41) is 4.64. The molecule has 0 aromatic heterocycles. The summed E-state index contributed by atoms with van der Waals surface area (Å²) in [4.78, 5) is 0. The first-order chi connectivity index (χ1) is 10.1. The Morgan fingerprint density at radius 3 is 2.38 bits per heavy atom. The number of rotatable bonds is 6. The summed E-state index contributed by atoms with van der Waals surface area (Å²) in [6, 6.07) is 13.7. The van der Waals surface area contributed by atoms with Crippen molar-refractivity contribution in [1.82, 2.24) is 5.32 Å². The maximum Gasteiger partial charge on any atom is 0.124 e. The fourth-order valence-electron chi connectivity index (χ4n) is 2.21. The normalized spacial score (nSPS) is 12.2. The van der Waals surface area contributed by atoms with Crippen molar-refractivity contribution < 1.29 is 4.74 Å². The van der Waals surface area contributed by atoms with Crippen molar-refractivity contribution in [2.45, 2.75) is 26.5 Å². The zero-order chi connectivity index (χ0) is 15.2. The molecule has 0 bridgehead atoms. The molecule has 0 heterocycles. The third kappa shape index (κ3) is 4.13. The van der Waals surface area contributed by atoms with Gasteiger partial charge in [0.25, 0.3) is 0 Å². The molecule has 21 heavy (non-hydrogen) atoms. The maximum atomic E-state index is 6.17. The molecule has 1 unspecified atom stereocenters.